The van der Waals surface area contributed by atoms with Crippen molar-refractivity contribution in [3.8, 4) is 11.5 Å². The molecular weight excluding hydrogens is 521 g/mol. The number of carbonyl (C=O) groups is 1. The normalized spacial score (nSPS) is 18.4. The first-order valence-corrected chi connectivity index (χ1v) is 14.0. The summed E-state index contributed by atoms with van der Waals surface area (Å²) in [6, 6.07) is 11.1. The van der Waals surface area contributed by atoms with Crippen LogP contribution in [0, 0.1) is 10.1 Å². The van der Waals surface area contributed by atoms with Crippen molar-refractivity contribution in [3.05, 3.63) is 69.8 Å². The molecule has 0 N–H and O–H groups in total. The topological polar surface area (TPSA) is 110 Å². The van der Waals surface area contributed by atoms with E-state index in [-0.39, 0.29) is 23.9 Å². The molecule has 0 saturated carbocycles. The number of imidazole rings is 1. The van der Waals surface area contributed by atoms with Gasteiger partial charge in [-0.2, -0.15) is 0 Å². The van der Waals surface area contributed by atoms with Crippen LogP contribution < -0.4 is 0 Å². The standard InChI is InChI=1S/C27H28FN7O3S/c28-27(8-14-32(15-9-27)17-19-16-23(35(37)38)39-18-19)26(36)33-12-6-20(7-13-33)34-24-22(5-3-11-30-24)31-25(34)21-4-1-2-10-29-21/h1-5,10-11,16,18,20H,6-9,12-15,17H2. The average Bonchev–Trinajstić information content (AvgIpc) is 3.60. The molecule has 10 nitrogen and oxygen atoms in total. The number of thiophene rings is 1. The van der Waals surface area contributed by atoms with Crippen molar-refractivity contribution in [2.24, 2.45) is 0 Å². The molecule has 39 heavy (non-hydrogen) atoms. The van der Waals surface area contributed by atoms with Gasteiger partial charge in [0.25, 0.3) is 5.91 Å². The maximum Gasteiger partial charge on any atom is 0.324 e. The van der Waals surface area contributed by atoms with Gasteiger partial charge in [-0.1, -0.05) is 17.4 Å². The molecule has 0 unspecified atom stereocenters. The minimum Gasteiger partial charge on any atom is -0.340 e. The van der Waals surface area contributed by atoms with Gasteiger partial charge in [0, 0.05) is 75.4 Å². The van der Waals surface area contributed by atoms with Gasteiger partial charge < -0.3 is 9.47 Å². The summed E-state index contributed by atoms with van der Waals surface area (Å²) in [6.45, 7) is 2.31. The van der Waals surface area contributed by atoms with Crippen LogP contribution in [-0.2, 0) is 11.3 Å². The van der Waals surface area contributed by atoms with Gasteiger partial charge in [-0.05, 0) is 42.7 Å². The molecule has 6 rings (SSSR count). The molecule has 1 amide bonds. The molecule has 0 spiro atoms. The Labute approximate surface area is 228 Å². The van der Waals surface area contributed by atoms with E-state index < -0.39 is 16.5 Å². The maximum absolute atomic E-state index is 15.9. The van der Waals surface area contributed by atoms with E-state index in [2.05, 4.69) is 19.4 Å². The second-order valence-corrected chi connectivity index (χ2v) is 11.1. The number of alkyl halides is 1. The first kappa shape index (κ1) is 25.5. The minimum absolute atomic E-state index is 0.0676. The molecule has 2 aliphatic heterocycles. The Kier molecular flexibility index (Phi) is 6.81. The van der Waals surface area contributed by atoms with E-state index in [4.69, 9.17) is 4.98 Å². The molecule has 6 heterocycles. The fourth-order valence-electron chi connectivity index (χ4n) is 5.64. The molecule has 4 aromatic rings. The fourth-order valence-corrected chi connectivity index (χ4v) is 6.36. The van der Waals surface area contributed by atoms with Crippen LogP contribution in [0.4, 0.5) is 9.39 Å². The molecule has 4 aromatic heterocycles. The van der Waals surface area contributed by atoms with E-state index >= 15 is 4.39 Å². The van der Waals surface area contributed by atoms with E-state index in [9.17, 15) is 14.9 Å². The van der Waals surface area contributed by atoms with Gasteiger partial charge in [0.15, 0.2) is 17.1 Å². The highest BCUT2D eigenvalue weighted by Crippen LogP contribution is 2.35. The lowest BCUT2D eigenvalue weighted by Gasteiger charge is -2.40. The van der Waals surface area contributed by atoms with Crippen molar-refractivity contribution in [2.75, 3.05) is 26.2 Å². The number of nitro groups is 1. The maximum atomic E-state index is 15.9. The molecule has 0 bridgehead atoms. The van der Waals surface area contributed by atoms with Crippen LogP contribution in [0.5, 0.6) is 0 Å². The van der Waals surface area contributed by atoms with Gasteiger partial charge >= 0.3 is 5.00 Å². The molecule has 0 aliphatic carbocycles. The molecule has 2 fully saturated rings. The molecule has 202 valence electrons. The van der Waals surface area contributed by atoms with Crippen LogP contribution in [0.3, 0.4) is 0 Å². The number of aromatic nitrogens is 4. The number of hydrogen-bond acceptors (Lipinski definition) is 8. The predicted octanol–water partition coefficient (Wildman–Crippen LogP) is 4.63. The highest BCUT2D eigenvalue weighted by atomic mass is 32.1. The lowest BCUT2D eigenvalue weighted by Crippen LogP contribution is -2.53. The molecule has 2 saturated heterocycles. The second-order valence-electron chi connectivity index (χ2n) is 10.2. The Morgan fingerprint density at radius 3 is 2.56 bits per heavy atom. The Bertz CT molecular complexity index is 1490. The Hall–Kier alpha value is -3.77. The van der Waals surface area contributed by atoms with Crippen LogP contribution >= 0.6 is 11.3 Å². The number of likely N-dealkylation sites (tertiary alicyclic amines) is 2. The third kappa shape index (κ3) is 5.01. The van der Waals surface area contributed by atoms with Crippen LogP contribution in [0.25, 0.3) is 22.7 Å². The summed E-state index contributed by atoms with van der Waals surface area (Å²) < 4.78 is 18.0. The zero-order chi connectivity index (χ0) is 27.0. The lowest BCUT2D eigenvalue weighted by molar-refractivity contribution is -0.380. The Morgan fingerprint density at radius 2 is 1.87 bits per heavy atom. The quantitative estimate of drug-likeness (QED) is 0.255. The minimum atomic E-state index is -1.88. The number of nitrogens with zero attached hydrogens (tertiary/aromatic N) is 7. The average molecular weight is 550 g/mol. The number of carbonyl (C=O) groups excluding carboxylic acids is 1. The first-order chi connectivity index (χ1) is 18.9. The van der Waals surface area contributed by atoms with Gasteiger partial charge in [-0.25, -0.2) is 14.4 Å². The monoisotopic (exact) mass is 549 g/mol. The summed E-state index contributed by atoms with van der Waals surface area (Å²) in [6.07, 6.45) is 5.08. The third-order valence-corrected chi connectivity index (χ3v) is 8.65. The van der Waals surface area contributed by atoms with Crippen LogP contribution in [0.1, 0.15) is 37.3 Å². The summed E-state index contributed by atoms with van der Waals surface area (Å²) in [5.74, 6) is 0.324. The lowest BCUT2D eigenvalue weighted by atomic mass is 9.90. The third-order valence-electron chi connectivity index (χ3n) is 7.72. The van der Waals surface area contributed by atoms with Crippen molar-refractivity contribution in [1.82, 2.24) is 29.3 Å². The van der Waals surface area contributed by atoms with Crippen LogP contribution in [-0.4, -0.2) is 72.0 Å². The smallest absolute Gasteiger partial charge is 0.324 e. The molecule has 0 atom stereocenters. The number of fused-ring (bicyclic) bond motifs is 1. The number of rotatable bonds is 6. The van der Waals surface area contributed by atoms with Gasteiger partial charge in [0.1, 0.15) is 11.2 Å². The number of hydrogen-bond donors (Lipinski definition) is 0. The van der Waals surface area contributed by atoms with Gasteiger partial charge in [0.05, 0.1) is 4.92 Å². The SMILES string of the molecule is O=C(N1CCC(n2c(-c3ccccn3)nc3cccnc32)CC1)C1(F)CCN(Cc2csc([N+](=O)[O-])c2)CC1. The first-order valence-electron chi connectivity index (χ1n) is 13.1. The van der Waals surface area contributed by atoms with Crippen molar-refractivity contribution >= 4 is 33.4 Å². The molecule has 0 aromatic carbocycles. The van der Waals surface area contributed by atoms with Crippen molar-refractivity contribution in [1.29, 1.82) is 0 Å². The number of pyridine rings is 2. The molecule has 2 aliphatic rings. The van der Waals surface area contributed by atoms with E-state index in [0.717, 1.165) is 39.6 Å². The van der Waals surface area contributed by atoms with Crippen molar-refractivity contribution in [3.63, 3.8) is 0 Å². The van der Waals surface area contributed by atoms with Gasteiger partial charge in [0.2, 0.25) is 0 Å². The predicted molar refractivity (Wildman–Crippen MR) is 145 cm³/mol. The largest absolute Gasteiger partial charge is 0.340 e. The van der Waals surface area contributed by atoms with E-state index in [0.29, 0.717) is 45.6 Å². The van der Waals surface area contributed by atoms with Crippen molar-refractivity contribution < 1.29 is 14.1 Å². The highest BCUT2D eigenvalue weighted by Gasteiger charge is 2.45. The Balaban J connectivity index is 1.10. The zero-order valence-corrected chi connectivity index (χ0v) is 22.1. The van der Waals surface area contributed by atoms with E-state index in [1.807, 2.05) is 30.3 Å². The summed E-state index contributed by atoms with van der Waals surface area (Å²) in [5.41, 5.74) is 1.31. The number of piperidine rings is 2. The number of amides is 1. The fraction of sp³-hybridized carbons (Fsp3) is 0.407. The van der Waals surface area contributed by atoms with Gasteiger partial charge in [-0.3, -0.25) is 24.8 Å². The summed E-state index contributed by atoms with van der Waals surface area (Å²) in [7, 11) is 0. The van der Waals surface area contributed by atoms with E-state index in [1.54, 1.807) is 28.7 Å². The summed E-state index contributed by atoms with van der Waals surface area (Å²) >= 11 is 1.10. The van der Waals surface area contributed by atoms with E-state index in [1.165, 1.54) is 0 Å². The zero-order valence-electron chi connectivity index (χ0n) is 21.3. The highest BCUT2D eigenvalue weighted by molar-refractivity contribution is 7.13. The second kappa shape index (κ2) is 10.4. The summed E-state index contributed by atoms with van der Waals surface area (Å²) in [5, 5.41) is 12.8. The molecule has 12 heteroatoms. The Morgan fingerprint density at radius 1 is 1.10 bits per heavy atom. The number of halogens is 1. The van der Waals surface area contributed by atoms with Crippen LogP contribution in [0.2, 0.25) is 0 Å². The summed E-state index contributed by atoms with van der Waals surface area (Å²) in [4.78, 5) is 41.5. The van der Waals surface area contributed by atoms with Gasteiger partial charge in [-0.15, -0.1) is 0 Å². The molecule has 0 radical (unpaired) electrons. The van der Waals surface area contributed by atoms with Crippen LogP contribution in [0.15, 0.2) is 54.2 Å². The van der Waals surface area contributed by atoms with Crippen molar-refractivity contribution in [2.45, 2.75) is 43.9 Å². The molecular formula is C27H28FN7O3S.